The Hall–Kier alpha value is -3.72. The van der Waals surface area contributed by atoms with Gasteiger partial charge >= 0.3 is 0 Å². The number of para-hydroxylation sites is 1. The largest absolute Gasteiger partial charge is 0.481 e. The van der Waals surface area contributed by atoms with Crippen LogP contribution in [0.3, 0.4) is 0 Å². The van der Waals surface area contributed by atoms with Gasteiger partial charge in [0.25, 0.3) is 11.6 Å². The van der Waals surface area contributed by atoms with Crippen LogP contribution >= 0.6 is 0 Å². The van der Waals surface area contributed by atoms with E-state index in [1.807, 2.05) is 24.3 Å². The number of pyridine rings is 1. The zero-order valence-electron chi connectivity index (χ0n) is 16.1. The minimum atomic E-state index is -0.493. The van der Waals surface area contributed by atoms with Crippen molar-refractivity contribution in [2.45, 2.75) is 0 Å². The zero-order chi connectivity index (χ0) is 20.9. The van der Waals surface area contributed by atoms with Crippen LogP contribution in [-0.2, 0) is 9.53 Å². The van der Waals surface area contributed by atoms with Gasteiger partial charge in [0.1, 0.15) is 17.1 Å². The fourth-order valence-electron chi connectivity index (χ4n) is 3.20. The summed E-state index contributed by atoms with van der Waals surface area (Å²) in [6, 6.07) is 15.1. The molecule has 0 radical (unpaired) electrons. The summed E-state index contributed by atoms with van der Waals surface area (Å²) in [7, 11) is 0. The van der Waals surface area contributed by atoms with Crippen molar-refractivity contribution in [3.05, 3.63) is 64.7 Å². The van der Waals surface area contributed by atoms with Gasteiger partial charge in [-0.25, -0.2) is 4.98 Å². The molecule has 154 valence electrons. The molecular formula is C21H20N4O5. The summed E-state index contributed by atoms with van der Waals surface area (Å²) in [5.74, 6) is 0.990. The van der Waals surface area contributed by atoms with E-state index in [0.717, 1.165) is 24.3 Å². The number of nitrogens with zero attached hydrogens (tertiary/aromatic N) is 3. The number of carbonyl (C=O) groups excluding carboxylic acids is 1. The Morgan fingerprint density at radius 1 is 1.13 bits per heavy atom. The second-order valence-electron chi connectivity index (χ2n) is 6.74. The van der Waals surface area contributed by atoms with E-state index in [-0.39, 0.29) is 18.2 Å². The van der Waals surface area contributed by atoms with Crippen LogP contribution in [0.4, 0.5) is 17.2 Å². The number of hydrogen-bond donors (Lipinski definition) is 1. The molecule has 0 saturated carbocycles. The van der Waals surface area contributed by atoms with Crippen molar-refractivity contribution in [1.82, 2.24) is 4.98 Å². The topological polar surface area (TPSA) is 107 Å². The van der Waals surface area contributed by atoms with E-state index in [2.05, 4.69) is 10.2 Å². The van der Waals surface area contributed by atoms with Gasteiger partial charge in [0.05, 0.1) is 18.1 Å². The van der Waals surface area contributed by atoms with E-state index in [0.29, 0.717) is 30.2 Å². The summed E-state index contributed by atoms with van der Waals surface area (Å²) in [4.78, 5) is 29.3. The third kappa shape index (κ3) is 4.47. The number of ether oxygens (including phenoxy) is 2. The van der Waals surface area contributed by atoms with Crippen LogP contribution in [0.15, 0.2) is 54.6 Å². The molecule has 9 heteroatoms. The Labute approximate surface area is 172 Å². The predicted octanol–water partition coefficient (Wildman–Crippen LogP) is 3.00. The van der Waals surface area contributed by atoms with E-state index in [1.54, 1.807) is 6.07 Å². The van der Waals surface area contributed by atoms with Gasteiger partial charge in [-0.15, -0.1) is 0 Å². The number of aromatic nitrogens is 1. The summed E-state index contributed by atoms with van der Waals surface area (Å²) in [5.41, 5.74) is 1.10. The van der Waals surface area contributed by atoms with Crippen LogP contribution in [0.25, 0.3) is 10.9 Å². The molecule has 1 N–H and O–H groups in total. The maximum absolute atomic E-state index is 12.2. The lowest BCUT2D eigenvalue weighted by atomic mass is 10.2. The Bertz CT molecular complexity index is 1060. The highest BCUT2D eigenvalue weighted by molar-refractivity contribution is 5.92. The molecule has 1 saturated heterocycles. The smallest absolute Gasteiger partial charge is 0.269 e. The molecule has 30 heavy (non-hydrogen) atoms. The number of carbonyl (C=O) groups is 1. The number of nitrogens with one attached hydrogen (secondary N) is 1. The molecule has 2 aromatic carbocycles. The second-order valence-corrected chi connectivity index (χ2v) is 6.74. The molecule has 4 rings (SSSR count). The first-order valence-corrected chi connectivity index (χ1v) is 9.50. The molecule has 3 aromatic rings. The van der Waals surface area contributed by atoms with E-state index < -0.39 is 4.92 Å². The summed E-state index contributed by atoms with van der Waals surface area (Å²) >= 11 is 0. The lowest BCUT2D eigenvalue weighted by molar-refractivity contribution is -0.384. The molecule has 9 nitrogen and oxygen atoms in total. The average molecular weight is 408 g/mol. The van der Waals surface area contributed by atoms with Crippen molar-refractivity contribution >= 4 is 34.0 Å². The maximum Gasteiger partial charge on any atom is 0.269 e. The Kier molecular flexibility index (Phi) is 5.71. The number of rotatable bonds is 6. The Morgan fingerprint density at radius 3 is 2.63 bits per heavy atom. The fourth-order valence-corrected chi connectivity index (χ4v) is 3.20. The molecule has 0 unspecified atom stereocenters. The highest BCUT2D eigenvalue weighted by Crippen LogP contribution is 2.27. The quantitative estimate of drug-likeness (QED) is 0.493. The molecule has 0 atom stereocenters. The van der Waals surface area contributed by atoms with Crippen molar-refractivity contribution < 1.29 is 19.2 Å². The zero-order valence-corrected chi connectivity index (χ0v) is 16.1. The van der Waals surface area contributed by atoms with Crippen molar-refractivity contribution in [1.29, 1.82) is 0 Å². The van der Waals surface area contributed by atoms with Crippen molar-refractivity contribution in [2.24, 2.45) is 0 Å². The number of fused-ring (bicyclic) bond motifs is 1. The highest BCUT2D eigenvalue weighted by atomic mass is 16.6. The molecule has 1 aliphatic heterocycles. The van der Waals surface area contributed by atoms with Gasteiger partial charge in [-0.3, -0.25) is 14.9 Å². The normalized spacial score (nSPS) is 13.8. The molecule has 1 aliphatic rings. The van der Waals surface area contributed by atoms with Crippen LogP contribution in [0, 0.1) is 10.1 Å². The maximum atomic E-state index is 12.2. The van der Waals surface area contributed by atoms with E-state index >= 15 is 0 Å². The van der Waals surface area contributed by atoms with Gasteiger partial charge < -0.3 is 19.7 Å². The summed E-state index contributed by atoms with van der Waals surface area (Å²) < 4.78 is 11.1. The van der Waals surface area contributed by atoms with Crippen LogP contribution in [-0.4, -0.2) is 48.7 Å². The summed E-state index contributed by atoms with van der Waals surface area (Å²) in [6.45, 7) is 2.68. The summed E-state index contributed by atoms with van der Waals surface area (Å²) in [5, 5.41) is 14.3. The van der Waals surface area contributed by atoms with Crippen LogP contribution < -0.4 is 15.0 Å². The van der Waals surface area contributed by atoms with Crippen LogP contribution in [0.2, 0.25) is 0 Å². The standard InChI is InChI=1S/C21H20N4O5/c26-20(22-16-5-7-17(8-6-16)25(27)28)14-30-18-3-1-2-15-4-9-19(23-21(15)18)24-10-12-29-13-11-24/h1-9H,10-14H2,(H,22,26). The molecular weight excluding hydrogens is 388 g/mol. The van der Waals surface area contributed by atoms with Crippen molar-refractivity contribution in [2.75, 3.05) is 43.1 Å². The van der Waals surface area contributed by atoms with Gasteiger partial charge in [0.2, 0.25) is 0 Å². The van der Waals surface area contributed by atoms with Gasteiger partial charge in [-0.2, -0.15) is 0 Å². The third-order valence-electron chi connectivity index (χ3n) is 4.72. The van der Waals surface area contributed by atoms with Crippen molar-refractivity contribution in [3.8, 4) is 5.75 Å². The minimum Gasteiger partial charge on any atom is -0.481 e. The molecule has 1 aromatic heterocycles. The summed E-state index contributed by atoms with van der Waals surface area (Å²) in [6.07, 6.45) is 0. The number of nitro benzene ring substituents is 1. The lowest BCUT2D eigenvalue weighted by Gasteiger charge is -2.28. The molecule has 1 fully saturated rings. The first-order valence-electron chi connectivity index (χ1n) is 9.50. The van der Waals surface area contributed by atoms with Gasteiger partial charge in [0.15, 0.2) is 6.61 Å². The number of benzene rings is 2. The molecule has 1 amide bonds. The number of anilines is 2. The molecule has 0 spiro atoms. The Morgan fingerprint density at radius 2 is 1.90 bits per heavy atom. The predicted molar refractivity (Wildman–Crippen MR) is 112 cm³/mol. The number of morpholine rings is 1. The highest BCUT2D eigenvalue weighted by Gasteiger charge is 2.14. The number of non-ortho nitro benzene ring substituents is 1. The first kappa shape index (κ1) is 19.6. The monoisotopic (exact) mass is 408 g/mol. The van der Waals surface area contributed by atoms with Gasteiger partial charge in [0, 0.05) is 36.3 Å². The van der Waals surface area contributed by atoms with Gasteiger partial charge in [-0.05, 0) is 30.3 Å². The van der Waals surface area contributed by atoms with E-state index in [1.165, 1.54) is 24.3 Å². The number of nitro groups is 1. The first-order chi connectivity index (χ1) is 14.6. The van der Waals surface area contributed by atoms with Crippen LogP contribution in [0.5, 0.6) is 5.75 Å². The van der Waals surface area contributed by atoms with E-state index in [4.69, 9.17) is 14.5 Å². The number of amides is 1. The molecule has 0 aliphatic carbocycles. The lowest BCUT2D eigenvalue weighted by Crippen LogP contribution is -2.36. The van der Waals surface area contributed by atoms with E-state index in [9.17, 15) is 14.9 Å². The van der Waals surface area contributed by atoms with Crippen molar-refractivity contribution in [3.63, 3.8) is 0 Å². The molecule has 2 heterocycles. The van der Waals surface area contributed by atoms with Crippen LogP contribution in [0.1, 0.15) is 0 Å². The number of hydrogen-bond acceptors (Lipinski definition) is 7. The fraction of sp³-hybridized carbons (Fsp3) is 0.238. The average Bonchev–Trinajstić information content (AvgIpc) is 2.78. The third-order valence-corrected chi connectivity index (χ3v) is 4.72. The second kappa shape index (κ2) is 8.75. The molecule has 0 bridgehead atoms. The van der Waals surface area contributed by atoms with Gasteiger partial charge in [-0.1, -0.05) is 12.1 Å². The SMILES string of the molecule is O=C(COc1cccc2ccc(N3CCOCC3)nc12)Nc1ccc([N+](=O)[O-])cc1. The Balaban J connectivity index is 1.45. The minimum absolute atomic E-state index is 0.0397.